The van der Waals surface area contributed by atoms with Crippen LogP contribution in [0.4, 0.5) is 0 Å². The number of hydrogen-bond acceptors (Lipinski definition) is 1. The molecule has 0 fully saturated rings. The van der Waals surface area contributed by atoms with E-state index in [1.165, 1.54) is 5.57 Å². The van der Waals surface area contributed by atoms with E-state index in [2.05, 4.69) is 37.7 Å². The first-order valence-corrected chi connectivity index (χ1v) is 5.63. The van der Waals surface area contributed by atoms with E-state index >= 15 is 0 Å². The molecule has 0 aliphatic carbocycles. The SMILES string of the molecule is C=C(C(C)C)C(C)CCCNC(N)=NC. The number of nitrogens with one attached hydrogen (secondary N) is 1. The molecule has 3 heteroatoms. The number of aliphatic imine (C=N–C) groups is 1. The molecule has 15 heavy (non-hydrogen) atoms. The third kappa shape index (κ3) is 6.15. The molecule has 0 aromatic rings. The van der Waals surface area contributed by atoms with Crippen molar-refractivity contribution < 1.29 is 0 Å². The maximum absolute atomic E-state index is 5.52. The van der Waals surface area contributed by atoms with Gasteiger partial charge in [0.1, 0.15) is 0 Å². The topological polar surface area (TPSA) is 50.4 Å². The molecule has 0 aromatic carbocycles. The van der Waals surface area contributed by atoms with Crippen LogP contribution < -0.4 is 11.1 Å². The first-order valence-electron chi connectivity index (χ1n) is 5.63. The molecular formula is C12H25N3. The zero-order valence-corrected chi connectivity index (χ0v) is 10.5. The Kier molecular flexibility index (Phi) is 6.84. The van der Waals surface area contributed by atoms with Gasteiger partial charge in [-0.2, -0.15) is 0 Å². The van der Waals surface area contributed by atoms with Crippen molar-refractivity contribution in [2.24, 2.45) is 22.6 Å². The lowest BCUT2D eigenvalue weighted by atomic mass is 9.89. The van der Waals surface area contributed by atoms with Crippen LogP contribution in [-0.4, -0.2) is 19.6 Å². The Bertz CT molecular complexity index is 219. The van der Waals surface area contributed by atoms with Gasteiger partial charge in [0, 0.05) is 13.6 Å². The molecule has 1 atom stereocenters. The summed E-state index contributed by atoms with van der Waals surface area (Å²) in [4.78, 5) is 3.83. The van der Waals surface area contributed by atoms with Gasteiger partial charge in [0.05, 0.1) is 0 Å². The molecule has 0 aliphatic rings. The molecule has 0 heterocycles. The molecule has 0 rings (SSSR count). The minimum absolute atomic E-state index is 0.519. The summed E-state index contributed by atoms with van der Waals surface area (Å²) in [5.74, 6) is 1.69. The van der Waals surface area contributed by atoms with Crippen molar-refractivity contribution in [2.45, 2.75) is 33.6 Å². The first kappa shape index (κ1) is 14.0. The monoisotopic (exact) mass is 211 g/mol. The molecular weight excluding hydrogens is 186 g/mol. The molecule has 0 radical (unpaired) electrons. The van der Waals surface area contributed by atoms with E-state index in [-0.39, 0.29) is 0 Å². The van der Waals surface area contributed by atoms with Crippen LogP contribution in [0.5, 0.6) is 0 Å². The smallest absolute Gasteiger partial charge is 0.188 e. The number of nitrogens with two attached hydrogens (primary N) is 1. The number of rotatable bonds is 6. The average Bonchev–Trinajstić information content (AvgIpc) is 2.22. The van der Waals surface area contributed by atoms with Gasteiger partial charge in [-0.05, 0) is 24.7 Å². The lowest BCUT2D eigenvalue weighted by Crippen LogP contribution is -2.32. The molecule has 0 bridgehead atoms. The Labute approximate surface area is 93.8 Å². The van der Waals surface area contributed by atoms with E-state index in [1.807, 2.05) is 0 Å². The van der Waals surface area contributed by atoms with Gasteiger partial charge >= 0.3 is 0 Å². The Balaban J connectivity index is 3.64. The first-order chi connectivity index (χ1) is 6.99. The minimum atomic E-state index is 0.519. The van der Waals surface area contributed by atoms with Gasteiger partial charge in [-0.3, -0.25) is 4.99 Å². The summed E-state index contributed by atoms with van der Waals surface area (Å²) in [5.41, 5.74) is 6.86. The van der Waals surface area contributed by atoms with Crippen LogP contribution >= 0.6 is 0 Å². The van der Waals surface area contributed by atoms with Crippen molar-refractivity contribution in [3.8, 4) is 0 Å². The van der Waals surface area contributed by atoms with E-state index in [4.69, 9.17) is 5.73 Å². The van der Waals surface area contributed by atoms with Gasteiger partial charge in [0.25, 0.3) is 0 Å². The second-order valence-electron chi connectivity index (χ2n) is 4.31. The summed E-state index contributed by atoms with van der Waals surface area (Å²) in [6, 6.07) is 0. The summed E-state index contributed by atoms with van der Waals surface area (Å²) < 4.78 is 0. The number of hydrogen-bond donors (Lipinski definition) is 2. The molecule has 0 saturated carbocycles. The minimum Gasteiger partial charge on any atom is -0.370 e. The van der Waals surface area contributed by atoms with Crippen LogP contribution in [0.1, 0.15) is 33.6 Å². The molecule has 0 amide bonds. The largest absolute Gasteiger partial charge is 0.370 e. The molecule has 0 aliphatic heterocycles. The predicted molar refractivity (Wildman–Crippen MR) is 67.9 cm³/mol. The van der Waals surface area contributed by atoms with Crippen molar-refractivity contribution in [1.82, 2.24) is 5.32 Å². The average molecular weight is 211 g/mol. The van der Waals surface area contributed by atoms with Crippen molar-refractivity contribution in [3.63, 3.8) is 0 Å². The quantitative estimate of drug-likeness (QED) is 0.306. The highest BCUT2D eigenvalue weighted by Crippen LogP contribution is 2.21. The third-order valence-electron chi connectivity index (χ3n) is 2.74. The second-order valence-corrected chi connectivity index (χ2v) is 4.31. The van der Waals surface area contributed by atoms with E-state index in [1.54, 1.807) is 7.05 Å². The fourth-order valence-corrected chi connectivity index (χ4v) is 1.46. The highest BCUT2D eigenvalue weighted by atomic mass is 15.1. The zero-order chi connectivity index (χ0) is 11.8. The molecule has 3 N–H and O–H groups in total. The second kappa shape index (κ2) is 7.32. The van der Waals surface area contributed by atoms with Crippen molar-refractivity contribution >= 4 is 5.96 Å². The van der Waals surface area contributed by atoms with Crippen molar-refractivity contribution in [1.29, 1.82) is 0 Å². The van der Waals surface area contributed by atoms with Crippen LogP contribution in [0.3, 0.4) is 0 Å². The van der Waals surface area contributed by atoms with Crippen molar-refractivity contribution in [2.75, 3.05) is 13.6 Å². The van der Waals surface area contributed by atoms with Crippen LogP contribution in [0.15, 0.2) is 17.1 Å². The summed E-state index contributed by atoms with van der Waals surface area (Å²) in [6.07, 6.45) is 2.25. The Morgan fingerprint density at radius 1 is 1.40 bits per heavy atom. The van der Waals surface area contributed by atoms with E-state index < -0.39 is 0 Å². The highest BCUT2D eigenvalue weighted by Gasteiger charge is 2.09. The predicted octanol–water partition coefficient (Wildman–Crippen LogP) is 2.15. The third-order valence-corrected chi connectivity index (χ3v) is 2.74. The lowest BCUT2D eigenvalue weighted by Gasteiger charge is -2.17. The molecule has 1 unspecified atom stereocenters. The van der Waals surface area contributed by atoms with Gasteiger partial charge in [-0.1, -0.05) is 32.9 Å². The summed E-state index contributed by atoms with van der Waals surface area (Å²) in [6.45, 7) is 11.6. The fourth-order valence-electron chi connectivity index (χ4n) is 1.46. The Morgan fingerprint density at radius 2 is 2.00 bits per heavy atom. The van der Waals surface area contributed by atoms with Crippen molar-refractivity contribution in [3.05, 3.63) is 12.2 Å². The maximum Gasteiger partial charge on any atom is 0.188 e. The van der Waals surface area contributed by atoms with Crippen LogP contribution in [-0.2, 0) is 0 Å². The van der Waals surface area contributed by atoms with Crippen LogP contribution in [0, 0.1) is 11.8 Å². The summed E-state index contributed by atoms with van der Waals surface area (Å²) >= 11 is 0. The van der Waals surface area contributed by atoms with E-state index in [9.17, 15) is 0 Å². The van der Waals surface area contributed by atoms with Gasteiger partial charge in [-0.25, -0.2) is 0 Å². The molecule has 88 valence electrons. The maximum atomic E-state index is 5.52. The van der Waals surface area contributed by atoms with E-state index in [0.717, 1.165) is 19.4 Å². The molecule has 0 saturated heterocycles. The number of guanidine groups is 1. The molecule has 3 nitrogen and oxygen atoms in total. The fraction of sp³-hybridized carbons (Fsp3) is 0.750. The van der Waals surface area contributed by atoms with Gasteiger partial charge in [0.2, 0.25) is 0 Å². The van der Waals surface area contributed by atoms with Gasteiger partial charge in [-0.15, -0.1) is 0 Å². The van der Waals surface area contributed by atoms with Gasteiger partial charge < -0.3 is 11.1 Å². The lowest BCUT2D eigenvalue weighted by molar-refractivity contribution is 0.524. The van der Waals surface area contributed by atoms with Crippen LogP contribution in [0.2, 0.25) is 0 Å². The normalized spacial score (nSPS) is 14.1. The highest BCUT2D eigenvalue weighted by molar-refractivity contribution is 5.77. The van der Waals surface area contributed by atoms with Gasteiger partial charge in [0.15, 0.2) is 5.96 Å². The van der Waals surface area contributed by atoms with E-state index in [0.29, 0.717) is 17.8 Å². The molecule has 0 spiro atoms. The summed E-state index contributed by atoms with van der Waals surface area (Å²) in [7, 11) is 1.69. The molecule has 0 aromatic heterocycles. The number of nitrogens with zero attached hydrogens (tertiary/aromatic N) is 1. The standard InChI is InChI=1S/C12H25N3/c1-9(2)11(4)10(3)7-6-8-15-12(13)14-5/h9-10H,4,6-8H2,1-3,5H3,(H3,13,14,15). The zero-order valence-electron chi connectivity index (χ0n) is 10.5. The Hall–Kier alpha value is -0.990. The van der Waals surface area contributed by atoms with Crippen LogP contribution in [0.25, 0.3) is 0 Å². The summed E-state index contributed by atoms with van der Waals surface area (Å²) in [5, 5.41) is 3.05. The Morgan fingerprint density at radius 3 is 2.47 bits per heavy atom. The number of allylic oxidation sites excluding steroid dienone is 1.